The number of halogens is 1. The van der Waals surface area contributed by atoms with Gasteiger partial charge >= 0.3 is 0 Å². The topological polar surface area (TPSA) is 12.0 Å². The van der Waals surface area contributed by atoms with Crippen molar-refractivity contribution in [3.63, 3.8) is 0 Å². The van der Waals surface area contributed by atoms with Crippen molar-refractivity contribution in [2.75, 3.05) is 0 Å². The van der Waals surface area contributed by atoms with Crippen LogP contribution < -0.4 is 5.32 Å². The van der Waals surface area contributed by atoms with Gasteiger partial charge in [-0.3, -0.25) is 0 Å². The average Bonchev–Trinajstić information content (AvgIpc) is 3.31. The molecule has 2 atom stereocenters. The minimum absolute atomic E-state index is 0.255. The van der Waals surface area contributed by atoms with E-state index in [4.69, 9.17) is 11.6 Å². The molecule has 0 aromatic heterocycles. The maximum atomic E-state index is 6.32. The van der Waals surface area contributed by atoms with Crippen LogP contribution in [0.1, 0.15) is 48.5 Å². The van der Waals surface area contributed by atoms with E-state index >= 15 is 0 Å². The zero-order valence-corrected chi connectivity index (χ0v) is 13.4. The van der Waals surface area contributed by atoms with E-state index in [1.54, 1.807) is 0 Å². The quantitative estimate of drug-likeness (QED) is 0.774. The van der Waals surface area contributed by atoms with Crippen LogP contribution in [0.15, 0.2) is 48.5 Å². The maximum absolute atomic E-state index is 6.32. The molecule has 0 heterocycles. The van der Waals surface area contributed by atoms with Crippen LogP contribution in [0.5, 0.6) is 0 Å². The van der Waals surface area contributed by atoms with Gasteiger partial charge in [0.2, 0.25) is 0 Å². The number of benzene rings is 2. The lowest BCUT2D eigenvalue weighted by Crippen LogP contribution is -2.26. The van der Waals surface area contributed by atoms with Crippen LogP contribution in [-0.4, -0.2) is 0 Å². The van der Waals surface area contributed by atoms with Gasteiger partial charge in [0.25, 0.3) is 0 Å². The molecule has 1 unspecified atom stereocenters. The van der Waals surface area contributed by atoms with Gasteiger partial charge in [0.05, 0.1) is 0 Å². The molecule has 1 aliphatic carbocycles. The highest BCUT2D eigenvalue weighted by atomic mass is 35.5. The summed E-state index contributed by atoms with van der Waals surface area (Å²) in [6.45, 7) is 4.33. The van der Waals surface area contributed by atoms with Crippen molar-refractivity contribution >= 4 is 11.6 Å². The normalized spacial score (nSPS) is 17.5. The van der Waals surface area contributed by atoms with E-state index in [0.717, 1.165) is 10.9 Å². The molecular formula is C19H22ClN. The fourth-order valence-corrected chi connectivity index (χ4v) is 3.19. The summed E-state index contributed by atoms with van der Waals surface area (Å²) in [7, 11) is 0. The van der Waals surface area contributed by atoms with Gasteiger partial charge in [0.1, 0.15) is 0 Å². The molecule has 1 N–H and O–H groups in total. The van der Waals surface area contributed by atoms with Crippen LogP contribution in [0.25, 0.3) is 0 Å². The first-order valence-corrected chi connectivity index (χ1v) is 8.10. The predicted octanol–water partition coefficient (Wildman–Crippen LogP) is 5.45. The predicted molar refractivity (Wildman–Crippen MR) is 89.6 cm³/mol. The van der Waals surface area contributed by atoms with Crippen LogP contribution in [0, 0.1) is 12.8 Å². The van der Waals surface area contributed by atoms with Gasteiger partial charge in [-0.05, 0) is 49.8 Å². The summed E-state index contributed by atoms with van der Waals surface area (Å²) in [4.78, 5) is 0. The smallest absolute Gasteiger partial charge is 0.0453 e. The Hall–Kier alpha value is -1.31. The second-order valence-corrected chi connectivity index (χ2v) is 6.54. The highest BCUT2D eigenvalue weighted by Gasteiger charge is 2.33. The van der Waals surface area contributed by atoms with Crippen LogP contribution >= 0.6 is 11.6 Å². The van der Waals surface area contributed by atoms with Gasteiger partial charge in [0, 0.05) is 17.1 Å². The van der Waals surface area contributed by atoms with E-state index in [0.29, 0.717) is 6.04 Å². The zero-order valence-electron chi connectivity index (χ0n) is 12.6. The van der Waals surface area contributed by atoms with Crippen molar-refractivity contribution in [3.05, 3.63) is 70.2 Å². The molecule has 2 aromatic rings. The van der Waals surface area contributed by atoms with E-state index in [1.807, 2.05) is 12.1 Å². The lowest BCUT2D eigenvalue weighted by molar-refractivity contribution is 0.427. The SMILES string of the molecule is Cc1ccc(C(N[C@H](C)c2ccccc2Cl)C2CC2)cc1. The standard InChI is InChI=1S/C19H22ClN/c1-13-7-9-15(10-8-13)19(16-11-12-16)21-14(2)17-5-3-4-6-18(17)20/h3-10,14,16,19,21H,11-12H2,1-2H3/t14-,19?/m1/s1. The number of nitrogens with one attached hydrogen (secondary N) is 1. The first-order chi connectivity index (χ1) is 10.1. The van der Waals surface area contributed by atoms with E-state index in [9.17, 15) is 0 Å². The molecule has 0 spiro atoms. The highest BCUT2D eigenvalue weighted by Crippen LogP contribution is 2.42. The Labute approximate surface area is 132 Å². The summed E-state index contributed by atoms with van der Waals surface area (Å²) >= 11 is 6.32. The Balaban J connectivity index is 1.79. The van der Waals surface area contributed by atoms with Gasteiger partial charge in [-0.15, -0.1) is 0 Å². The zero-order chi connectivity index (χ0) is 14.8. The summed E-state index contributed by atoms with van der Waals surface area (Å²) in [5.74, 6) is 0.762. The molecule has 3 rings (SSSR count). The average molecular weight is 300 g/mol. The van der Waals surface area contributed by atoms with Crippen LogP contribution in [0.4, 0.5) is 0 Å². The maximum Gasteiger partial charge on any atom is 0.0453 e. The van der Waals surface area contributed by atoms with E-state index in [1.165, 1.54) is 29.5 Å². The molecule has 110 valence electrons. The Morgan fingerprint density at radius 1 is 1.05 bits per heavy atom. The van der Waals surface area contributed by atoms with Crippen molar-refractivity contribution < 1.29 is 0 Å². The molecule has 0 saturated heterocycles. The Bertz CT molecular complexity index is 601. The highest BCUT2D eigenvalue weighted by molar-refractivity contribution is 6.31. The number of rotatable bonds is 5. The first-order valence-electron chi connectivity index (χ1n) is 7.72. The Morgan fingerprint density at radius 2 is 1.71 bits per heavy atom. The van der Waals surface area contributed by atoms with Gasteiger partial charge in [-0.1, -0.05) is 59.6 Å². The Kier molecular flexibility index (Phi) is 4.32. The number of hydrogen-bond acceptors (Lipinski definition) is 1. The van der Waals surface area contributed by atoms with Gasteiger partial charge in [-0.25, -0.2) is 0 Å². The van der Waals surface area contributed by atoms with E-state index < -0.39 is 0 Å². The fourth-order valence-electron chi connectivity index (χ4n) is 2.89. The molecule has 2 heteroatoms. The molecule has 1 aliphatic rings. The van der Waals surface area contributed by atoms with E-state index in [-0.39, 0.29) is 6.04 Å². The molecule has 0 bridgehead atoms. The van der Waals surface area contributed by atoms with Crippen molar-refractivity contribution in [2.45, 2.75) is 38.8 Å². The molecule has 2 aromatic carbocycles. The minimum atomic E-state index is 0.255. The van der Waals surface area contributed by atoms with Crippen molar-refractivity contribution in [3.8, 4) is 0 Å². The third kappa shape index (κ3) is 3.48. The number of aryl methyl sites for hydroxylation is 1. The summed E-state index contributed by atoms with van der Waals surface area (Å²) in [6, 6.07) is 17.7. The lowest BCUT2D eigenvalue weighted by atomic mass is 9.98. The molecular weight excluding hydrogens is 278 g/mol. The summed E-state index contributed by atoms with van der Waals surface area (Å²) in [5, 5.41) is 4.63. The van der Waals surface area contributed by atoms with Gasteiger partial charge in [-0.2, -0.15) is 0 Å². The van der Waals surface area contributed by atoms with Crippen molar-refractivity contribution in [1.29, 1.82) is 0 Å². The van der Waals surface area contributed by atoms with Crippen LogP contribution in [-0.2, 0) is 0 Å². The van der Waals surface area contributed by atoms with Crippen LogP contribution in [0.3, 0.4) is 0 Å². The van der Waals surface area contributed by atoms with E-state index in [2.05, 4.69) is 55.6 Å². The second-order valence-electron chi connectivity index (χ2n) is 6.14. The van der Waals surface area contributed by atoms with Crippen LogP contribution in [0.2, 0.25) is 5.02 Å². The Morgan fingerprint density at radius 3 is 2.33 bits per heavy atom. The fraction of sp³-hybridized carbons (Fsp3) is 0.368. The third-order valence-corrected chi connectivity index (χ3v) is 4.68. The molecule has 0 aliphatic heterocycles. The molecule has 1 saturated carbocycles. The van der Waals surface area contributed by atoms with Crippen molar-refractivity contribution in [2.24, 2.45) is 5.92 Å². The number of hydrogen-bond donors (Lipinski definition) is 1. The molecule has 0 radical (unpaired) electrons. The minimum Gasteiger partial charge on any atom is -0.303 e. The summed E-state index contributed by atoms with van der Waals surface area (Å²) in [6.07, 6.45) is 2.64. The summed E-state index contributed by atoms with van der Waals surface area (Å²) in [5.41, 5.74) is 3.88. The molecule has 1 nitrogen and oxygen atoms in total. The second kappa shape index (κ2) is 6.21. The largest absolute Gasteiger partial charge is 0.303 e. The molecule has 1 fully saturated rings. The monoisotopic (exact) mass is 299 g/mol. The first kappa shape index (κ1) is 14.6. The third-order valence-electron chi connectivity index (χ3n) is 4.33. The van der Waals surface area contributed by atoms with Gasteiger partial charge < -0.3 is 5.32 Å². The van der Waals surface area contributed by atoms with Crippen molar-refractivity contribution in [1.82, 2.24) is 5.32 Å². The van der Waals surface area contributed by atoms with Gasteiger partial charge in [0.15, 0.2) is 0 Å². The molecule has 21 heavy (non-hydrogen) atoms. The lowest BCUT2D eigenvalue weighted by Gasteiger charge is -2.25. The summed E-state index contributed by atoms with van der Waals surface area (Å²) < 4.78 is 0. The molecule has 0 amide bonds.